The average Bonchev–Trinajstić information content (AvgIpc) is 3.35. The number of amides is 1. The number of rotatable bonds is 7. The first-order valence-electron chi connectivity index (χ1n) is 9.02. The van der Waals surface area contributed by atoms with Crippen LogP contribution in [0.4, 0.5) is 4.39 Å². The zero-order valence-electron chi connectivity index (χ0n) is 15.9. The minimum Gasteiger partial charge on any atom is -0.505 e. The zero-order valence-corrected chi connectivity index (χ0v) is 15.9. The first kappa shape index (κ1) is 19.1. The van der Waals surface area contributed by atoms with Crippen LogP contribution < -0.4 is 5.32 Å². The highest BCUT2D eigenvalue weighted by molar-refractivity contribution is 6.02. The van der Waals surface area contributed by atoms with Gasteiger partial charge in [-0.25, -0.2) is 4.39 Å². The Hall–Kier alpha value is -2.66. The maximum Gasteiger partial charge on any atom is 0.248 e. The number of nitrogens with zero attached hydrogens (tertiary/aromatic N) is 1. The number of likely N-dealkylation sites (N-methyl/N-ethyl adjacent to an activating group) is 1. The van der Waals surface area contributed by atoms with Gasteiger partial charge < -0.3 is 15.3 Å². The molecule has 0 bridgehead atoms. The molecule has 2 atom stereocenters. The summed E-state index contributed by atoms with van der Waals surface area (Å²) in [7, 11) is 3.86. The Balaban J connectivity index is 1.59. The molecule has 0 radical (unpaired) electrons. The third kappa shape index (κ3) is 4.19. The van der Waals surface area contributed by atoms with Crippen LogP contribution in [0.5, 0.6) is 5.75 Å². The van der Waals surface area contributed by atoms with Crippen molar-refractivity contribution in [3.05, 3.63) is 77.1 Å². The molecule has 3 rings (SSSR count). The van der Waals surface area contributed by atoms with Crippen molar-refractivity contribution >= 4 is 5.91 Å². The van der Waals surface area contributed by atoms with Crippen molar-refractivity contribution in [2.24, 2.45) is 0 Å². The summed E-state index contributed by atoms with van der Waals surface area (Å²) < 4.78 is 13.6. The Labute approximate surface area is 159 Å². The van der Waals surface area contributed by atoms with Crippen LogP contribution in [0.2, 0.25) is 0 Å². The molecule has 1 aliphatic carbocycles. The van der Waals surface area contributed by atoms with E-state index in [2.05, 4.69) is 5.32 Å². The molecule has 5 heteroatoms. The zero-order chi connectivity index (χ0) is 19.6. The standard InChI is InChI=1S/C22H25FN2O2/c1-22(16-7-5-4-6-8-16)13-18(22)21(27)24-14-17(25(2)3)11-15-9-10-20(26)19(23)12-15/h4-10,12-13,17,26H,11,14H2,1-3H3,(H,24,27)/t17-,22+/m0/s1. The highest BCUT2D eigenvalue weighted by Gasteiger charge is 2.44. The lowest BCUT2D eigenvalue weighted by Gasteiger charge is -2.25. The first-order chi connectivity index (χ1) is 12.8. The SMILES string of the molecule is CN(C)[C@H](CNC(=O)C1=C[C@]1(C)c1ccccc1)Cc1ccc(O)c(F)c1. The normalized spacial score (nSPS) is 19.5. The molecule has 0 spiro atoms. The third-order valence-electron chi connectivity index (χ3n) is 5.24. The minimum absolute atomic E-state index is 0.0141. The van der Waals surface area contributed by atoms with Crippen LogP contribution in [0.1, 0.15) is 18.1 Å². The smallest absolute Gasteiger partial charge is 0.248 e. The Morgan fingerprint density at radius 1 is 1.22 bits per heavy atom. The molecule has 0 unspecified atom stereocenters. The van der Waals surface area contributed by atoms with Gasteiger partial charge in [0.15, 0.2) is 11.6 Å². The summed E-state index contributed by atoms with van der Waals surface area (Å²) in [6.07, 6.45) is 2.55. The van der Waals surface area contributed by atoms with Crippen molar-refractivity contribution in [3.8, 4) is 5.75 Å². The second-order valence-corrected chi connectivity index (χ2v) is 7.44. The minimum atomic E-state index is -0.629. The van der Waals surface area contributed by atoms with E-state index < -0.39 is 5.82 Å². The van der Waals surface area contributed by atoms with Gasteiger partial charge in [0.2, 0.25) is 5.91 Å². The molecule has 0 fully saturated rings. The number of hydrogen-bond acceptors (Lipinski definition) is 3. The Kier molecular flexibility index (Phi) is 5.33. The molecule has 27 heavy (non-hydrogen) atoms. The Morgan fingerprint density at radius 3 is 2.56 bits per heavy atom. The van der Waals surface area contributed by atoms with Gasteiger partial charge in [0.05, 0.1) is 0 Å². The average molecular weight is 368 g/mol. The first-order valence-corrected chi connectivity index (χ1v) is 9.02. The third-order valence-corrected chi connectivity index (χ3v) is 5.24. The number of aromatic hydroxyl groups is 1. The molecule has 4 nitrogen and oxygen atoms in total. The molecule has 0 heterocycles. The van der Waals surface area contributed by atoms with Gasteiger partial charge in [0.25, 0.3) is 0 Å². The quantitative estimate of drug-likeness (QED) is 0.790. The summed E-state index contributed by atoms with van der Waals surface area (Å²) in [5, 5.41) is 12.3. The second kappa shape index (κ2) is 7.53. The van der Waals surface area contributed by atoms with Gasteiger partial charge in [-0.3, -0.25) is 4.79 Å². The van der Waals surface area contributed by atoms with Gasteiger partial charge in [-0.05, 0) is 50.7 Å². The lowest BCUT2D eigenvalue weighted by atomic mass is 9.92. The Morgan fingerprint density at radius 2 is 1.93 bits per heavy atom. The summed E-state index contributed by atoms with van der Waals surface area (Å²) in [6.45, 7) is 2.50. The summed E-state index contributed by atoms with van der Waals surface area (Å²) in [6, 6.07) is 14.4. The number of phenols is 1. The maximum atomic E-state index is 13.6. The fraction of sp³-hybridized carbons (Fsp3) is 0.318. The molecule has 1 aliphatic rings. The summed E-state index contributed by atoms with van der Waals surface area (Å²) in [4.78, 5) is 14.6. The number of nitrogens with one attached hydrogen (secondary N) is 1. The van der Waals surface area contributed by atoms with Crippen molar-refractivity contribution in [1.29, 1.82) is 0 Å². The Bertz CT molecular complexity index is 864. The predicted octanol–water partition coefficient (Wildman–Crippen LogP) is 3.02. The van der Waals surface area contributed by atoms with Crippen molar-refractivity contribution < 1.29 is 14.3 Å². The van der Waals surface area contributed by atoms with Gasteiger partial charge in [-0.15, -0.1) is 0 Å². The number of hydrogen-bond donors (Lipinski definition) is 2. The van der Waals surface area contributed by atoms with Crippen LogP contribution in [0.15, 0.2) is 60.2 Å². The van der Waals surface area contributed by atoms with Crippen molar-refractivity contribution in [1.82, 2.24) is 10.2 Å². The highest BCUT2D eigenvalue weighted by Crippen LogP contribution is 2.46. The molecule has 1 amide bonds. The summed E-state index contributed by atoms with van der Waals surface area (Å²) in [5.74, 6) is -1.05. The highest BCUT2D eigenvalue weighted by atomic mass is 19.1. The van der Waals surface area contributed by atoms with Gasteiger partial charge >= 0.3 is 0 Å². The number of carbonyl (C=O) groups is 1. The van der Waals surface area contributed by atoms with Crippen LogP contribution in [-0.2, 0) is 16.6 Å². The fourth-order valence-electron chi connectivity index (χ4n) is 3.27. The van der Waals surface area contributed by atoms with E-state index in [4.69, 9.17) is 0 Å². The van der Waals surface area contributed by atoms with E-state index in [9.17, 15) is 14.3 Å². The van der Waals surface area contributed by atoms with E-state index in [1.807, 2.05) is 62.3 Å². The molecule has 0 saturated heterocycles. The lowest BCUT2D eigenvalue weighted by molar-refractivity contribution is -0.117. The van der Waals surface area contributed by atoms with Crippen LogP contribution in [0.25, 0.3) is 0 Å². The van der Waals surface area contributed by atoms with E-state index in [1.54, 1.807) is 6.07 Å². The molecule has 0 saturated carbocycles. The number of halogens is 1. The van der Waals surface area contributed by atoms with E-state index >= 15 is 0 Å². The van der Waals surface area contributed by atoms with Gasteiger partial charge in [-0.1, -0.05) is 42.5 Å². The fourth-order valence-corrected chi connectivity index (χ4v) is 3.27. The van der Waals surface area contributed by atoms with Crippen LogP contribution in [0, 0.1) is 5.82 Å². The molecular formula is C22H25FN2O2. The molecule has 2 N–H and O–H groups in total. The molecule has 2 aromatic carbocycles. The summed E-state index contributed by atoms with van der Waals surface area (Å²) in [5.41, 5.74) is 2.37. The van der Waals surface area contributed by atoms with Crippen molar-refractivity contribution in [2.75, 3.05) is 20.6 Å². The topological polar surface area (TPSA) is 52.6 Å². The van der Waals surface area contributed by atoms with Gasteiger partial charge in [0.1, 0.15) is 0 Å². The second-order valence-electron chi connectivity index (χ2n) is 7.44. The molecular weight excluding hydrogens is 343 g/mol. The van der Waals surface area contributed by atoms with E-state index in [0.29, 0.717) is 13.0 Å². The van der Waals surface area contributed by atoms with Crippen LogP contribution in [-0.4, -0.2) is 42.6 Å². The predicted molar refractivity (Wildman–Crippen MR) is 104 cm³/mol. The van der Waals surface area contributed by atoms with E-state index in [1.165, 1.54) is 12.1 Å². The van der Waals surface area contributed by atoms with Gasteiger partial charge in [0, 0.05) is 23.6 Å². The van der Waals surface area contributed by atoms with Crippen LogP contribution >= 0.6 is 0 Å². The lowest BCUT2D eigenvalue weighted by Crippen LogP contribution is -2.42. The van der Waals surface area contributed by atoms with Crippen molar-refractivity contribution in [2.45, 2.75) is 24.8 Å². The molecule has 0 aliphatic heterocycles. The number of phenolic OH excluding ortho intramolecular Hbond substituents is 1. The van der Waals surface area contributed by atoms with E-state index in [0.717, 1.165) is 16.7 Å². The van der Waals surface area contributed by atoms with Gasteiger partial charge in [-0.2, -0.15) is 0 Å². The monoisotopic (exact) mass is 368 g/mol. The largest absolute Gasteiger partial charge is 0.505 e. The molecule has 0 aromatic heterocycles. The molecule has 142 valence electrons. The number of allylic oxidation sites excluding steroid dienone is 1. The van der Waals surface area contributed by atoms with Crippen molar-refractivity contribution in [3.63, 3.8) is 0 Å². The van der Waals surface area contributed by atoms with E-state index in [-0.39, 0.29) is 23.1 Å². The number of carbonyl (C=O) groups excluding carboxylic acids is 1. The summed E-state index contributed by atoms with van der Waals surface area (Å²) >= 11 is 0. The maximum absolute atomic E-state index is 13.6. The molecule has 2 aromatic rings. The van der Waals surface area contributed by atoms with Crippen LogP contribution in [0.3, 0.4) is 0 Å². The number of benzene rings is 2.